The second-order valence-electron chi connectivity index (χ2n) is 6.02. The third-order valence-corrected chi connectivity index (χ3v) is 3.32. The molecule has 0 radical (unpaired) electrons. The first-order valence-corrected chi connectivity index (χ1v) is 7.88. The topological polar surface area (TPSA) is 64.3 Å². The van der Waals surface area contributed by atoms with Gasteiger partial charge in [0.2, 0.25) is 5.91 Å². The Morgan fingerprint density at radius 2 is 1.87 bits per heavy atom. The molecule has 2 aromatic rings. The molecule has 2 aromatic carbocycles. The van der Waals surface area contributed by atoms with E-state index in [0.29, 0.717) is 24.6 Å². The minimum absolute atomic E-state index is 0.199. The lowest BCUT2D eigenvalue weighted by atomic mass is 10.1. The summed E-state index contributed by atoms with van der Waals surface area (Å²) in [5.74, 6) is 0.996. The van der Waals surface area contributed by atoms with Gasteiger partial charge in [0, 0.05) is 11.8 Å². The average molecular weight is 312 g/mol. The van der Waals surface area contributed by atoms with Crippen LogP contribution in [0.25, 0.3) is 0 Å². The van der Waals surface area contributed by atoms with Crippen LogP contribution in [0.2, 0.25) is 0 Å². The molecule has 0 saturated carbocycles. The standard InChI is InChI=1S/C19H24N2O2/c1-14(2)13-23-17-10-6-9-16(12-17)21-19(22)18(20)11-15-7-4-3-5-8-15/h3-10,12,14,18H,11,13,20H2,1-2H3,(H,21,22). The van der Waals surface area contributed by atoms with Crippen LogP contribution in [0.1, 0.15) is 19.4 Å². The molecule has 0 aliphatic heterocycles. The smallest absolute Gasteiger partial charge is 0.241 e. The Morgan fingerprint density at radius 1 is 1.13 bits per heavy atom. The predicted octanol–water partition coefficient (Wildman–Crippen LogP) is 3.23. The summed E-state index contributed by atoms with van der Waals surface area (Å²) < 4.78 is 5.66. The van der Waals surface area contributed by atoms with Gasteiger partial charge in [-0.05, 0) is 30.0 Å². The number of ether oxygens (including phenoxy) is 1. The van der Waals surface area contributed by atoms with Gasteiger partial charge in [-0.2, -0.15) is 0 Å². The highest BCUT2D eigenvalue weighted by Gasteiger charge is 2.14. The lowest BCUT2D eigenvalue weighted by Crippen LogP contribution is -2.37. The van der Waals surface area contributed by atoms with Crippen molar-refractivity contribution in [1.82, 2.24) is 0 Å². The molecule has 2 rings (SSSR count). The van der Waals surface area contributed by atoms with Gasteiger partial charge in [0.05, 0.1) is 12.6 Å². The van der Waals surface area contributed by atoms with Gasteiger partial charge in [-0.3, -0.25) is 4.79 Å². The third kappa shape index (κ3) is 5.75. The number of carbonyl (C=O) groups excluding carboxylic acids is 1. The molecule has 0 fully saturated rings. The number of hydrogen-bond acceptors (Lipinski definition) is 3. The molecular weight excluding hydrogens is 288 g/mol. The number of nitrogens with two attached hydrogens (primary N) is 1. The van der Waals surface area contributed by atoms with E-state index in [1.165, 1.54) is 0 Å². The summed E-state index contributed by atoms with van der Waals surface area (Å²) in [5.41, 5.74) is 7.73. The highest BCUT2D eigenvalue weighted by atomic mass is 16.5. The molecule has 0 spiro atoms. The van der Waals surface area contributed by atoms with Crippen molar-refractivity contribution in [2.45, 2.75) is 26.3 Å². The van der Waals surface area contributed by atoms with Crippen molar-refractivity contribution in [2.24, 2.45) is 11.7 Å². The number of benzene rings is 2. The van der Waals surface area contributed by atoms with E-state index in [0.717, 1.165) is 11.3 Å². The van der Waals surface area contributed by atoms with Crippen LogP contribution in [0.15, 0.2) is 54.6 Å². The summed E-state index contributed by atoms with van der Waals surface area (Å²) in [6.07, 6.45) is 0.510. The Balaban J connectivity index is 1.92. The van der Waals surface area contributed by atoms with E-state index in [1.807, 2.05) is 54.6 Å². The van der Waals surface area contributed by atoms with Crippen molar-refractivity contribution in [3.8, 4) is 5.75 Å². The van der Waals surface area contributed by atoms with Crippen LogP contribution in [-0.2, 0) is 11.2 Å². The Morgan fingerprint density at radius 3 is 2.57 bits per heavy atom. The maximum Gasteiger partial charge on any atom is 0.241 e. The van der Waals surface area contributed by atoms with E-state index < -0.39 is 6.04 Å². The molecule has 1 unspecified atom stereocenters. The van der Waals surface area contributed by atoms with Gasteiger partial charge in [0.25, 0.3) is 0 Å². The van der Waals surface area contributed by atoms with E-state index in [-0.39, 0.29) is 5.91 Å². The molecule has 3 N–H and O–H groups in total. The summed E-state index contributed by atoms with van der Waals surface area (Å²) in [6.45, 7) is 4.83. The maximum absolute atomic E-state index is 12.2. The number of anilines is 1. The lowest BCUT2D eigenvalue weighted by Gasteiger charge is -2.14. The van der Waals surface area contributed by atoms with E-state index in [4.69, 9.17) is 10.5 Å². The molecule has 0 bridgehead atoms. The summed E-state index contributed by atoms with van der Waals surface area (Å²) in [6, 6.07) is 16.5. The van der Waals surface area contributed by atoms with E-state index in [9.17, 15) is 4.79 Å². The zero-order valence-electron chi connectivity index (χ0n) is 13.7. The monoisotopic (exact) mass is 312 g/mol. The van der Waals surface area contributed by atoms with Crippen LogP contribution < -0.4 is 15.8 Å². The van der Waals surface area contributed by atoms with Crippen molar-refractivity contribution < 1.29 is 9.53 Å². The highest BCUT2D eigenvalue weighted by Crippen LogP contribution is 2.18. The van der Waals surface area contributed by atoms with Crippen LogP contribution in [0.4, 0.5) is 5.69 Å². The Labute approximate surface area is 137 Å². The van der Waals surface area contributed by atoms with Crippen LogP contribution in [0, 0.1) is 5.92 Å². The van der Waals surface area contributed by atoms with Crippen LogP contribution in [-0.4, -0.2) is 18.6 Å². The van der Waals surface area contributed by atoms with Gasteiger partial charge in [-0.15, -0.1) is 0 Å². The Bertz CT molecular complexity index is 626. The number of rotatable bonds is 7. The maximum atomic E-state index is 12.2. The van der Waals surface area contributed by atoms with Gasteiger partial charge < -0.3 is 15.8 Å². The molecule has 0 aliphatic rings. The second-order valence-corrected chi connectivity index (χ2v) is 6.02. The molecule has 0 aromatic heterocycles. The fourth-order valence-electron chi connectivity index (χ4n) is 2.12. The molecule has 1 atom stereocenters. The van der Waals surface area contributed by atoms with Crippen LogP contribution in [0.5, 0.6) is 5.75 Å². The quantitative estimate of drug-likeness (QED) is 0.825. The summed E-state index contributed by atoms with van der Waals surface area (Å²) in [4.78, 5) is 12.2. The summed E-state index contributed by atoms with van der Waals surface area (Å²) in [5, 5.41) is 2.85. The third-order valence-electron chi connectivity index (χ3n) is 3.32. The fraction of sp³-hybridized carbons (Fsp3) is 0.316. The minimum Gasteiger partial charge on any atom is -0.493 e. The fourth-order valence-corrected chi connectivity index (χ4v) is 2.12. The molecule has 4 heteroatoms. The van der Waals surface area contributed by atoms with E-state index >= 15 is 0 Å². The van der Waals surface area contributed by atoms with Crippen molar-refractivity contribution in [3.63, 3.8) is 0 Å². The predicted molar refractivity (Wildman–Crippen MR) is 93.5 cm³/mol. The number of nitrogens with one attached hydrogen (secondary N) is 1. The molecule has 0 heterocycles. The van der Waals surface area contributed by atoms with E-state index in [1.54, 1.807) is 0 Å². The highest BCUT2D eigenvalue weighted by molar-refractivity contribution is 5.95. The van der Waals surface area contributed by atoms with Gasteiger partial charge in [-0.1, -0.05) is 50.2 Å². The summed E-state index contributed by atoms with van der Waals surface area (Å²) >= 11 is 0. The zero-order valence-corrected chi connectivity index (χ0v) is 13.7. The number of amides is 1. The molecule has 122 valence electrons. The van der Waals surface area contributed by atoms with Crippen molar-refractivity contribution in [2.75, 3.05) is 11.9 Å². The average Bonchev–Trinajstić information content (AvgIpc) is 2.54. The van der Waals surface area contributed by atoms with E-state index in [2.05, 4.69) is 19.2 Å². The molecule has 4 nitrogen and oxygen atoms in total. The van der Waals surface area contributed by atoms with Crippen LogP contribution in [0.3, 0.4) is 0 Å². The Hall–Kier alpha value is -2.33. The number of hydrogen-bond donors (Lipinski definition) is 2. The first-order valence-electron chi connectivity index (χ1n) is 7.88. The van der Waals surface area contributed by atoms with Gasteiger partial charge in [0.15, 0.2) is 0 Å². The zero-order chi connectivity index (χ0) is 16.7. The molecule has 0 saturated heterocycles. The van der Waals surface area contributed by atoms with Gasteiger partial charge in [0.1, 0.15) is 5.75 Å². The largest absolute Gasteiger partial charge is 0.493 e. The molecule has 23 heavy (non-hydrogen) atoms. The first kappa shape index (κ1) is 17.0. The van der Waals surface area contributed by atoms with Gasteiger partial charge in [-0.25, -0.2) is 0 Å². The van der Waals surface area contributed by atoms with Crippen molar-refractivity contribution in [1.29, 1.82) is 0 Å². The van der Waals surface area contributed by atoms with Gasteiger partial charge >= 0.3 is 0 Å². The molecule has 0 aliphatic carbocycles. The molecule has 1 amide bonds. The molecular formula is C19H24N2O2. The van der Waals surface area contributed by atoms with Crippen molar-refractivity contribution >= 4 is 11.6 Å². The normalized spacial score (nSPS) is 12.0. The second kappa shape index (κ2) is 8.34. The number of carbonyl (C=O) groups is 1. The minimum atomic E-state index is -0.586. The Kier molecular flexibility index (Phi) is 6.18. The van der Waals surface area contributed by atoms with Crippen molar-refractivity contribution in [3.05, 3.63) is 60.2 Å². The first-order chi connectivity index (χ1) is 11.0. The summed E-state index contributed by atoms with van der Waals surface area (Å²) in [7, 11) is 0. The SMILES string of the molecule is CC(C)COc1cccc(NC(=O)C(N)Cc2ccccc2)c1. The lowest BCUT2D eigenvalue weighted by molar-refractivity contribution is -0.117. The van der Waals surface area contributed by atoms with Crippen LogP contribution >= 0.6 is 0 Å².